The molecular formula is C68H88ClN17O6Pt. The van der Waals surface area contributed by atoms with Crippen LogP contribution in [0.15, 0.2) is 84.9 Å². The third-order valence-corrected chi connectivity index (χ3v) is 14.7. The van der Waals surface area contributed by atoms with Gasteiger partial charge in [-0.15, -0.1) is 0 Å². The zero-order valence-electron chi connectivity index (χ0n) is 57.2. The second-order valence-electron chi connectivity index (χ2n) is 22.7. The van der Waals surface area contributed by atoms with Crippen LogP contribution in [0.3, 0.4) is 0 Å². The van der Waals surface area contributed by atoms with Crippen LogP contribution in [0.2, 0.25) is 5.15 Å². The number of aliphatic imine (C=N–C) groups is 1. The monoisotopic (exact) mass is 1470 g/mol. The first-order valence-corrected chi connectivity index (χ1v) is 31.2. The van der Waals surface area contributed by atoms with Gasteiger partial charge in [0.1, 0.15) is 54.6 Å². The van der Waals surface area contributed by atoms with E-state index >= 15 is 0 Å². The second-order valence-corrected chi connectivity index (χ2v) is 23.1. The largest absolute Gasteiger partial charge is 2.00 e. The molecule has 8 aromatic rings. The van der Waals surface area contributed by atoms with E-state index < -0.39 is 17.9 Å². The molecule has 9 heterocycles. The number of aromatic nitrogens is 16. The minimum Gasteiger partial charge on any atom is -0.573 e. The van der Waals surface area contributed by atoms with Crippen molar-refractivity contribution < 1.29 is 49.7 Å². The molecule has 93 heavy (non-hydrogen) atoms. The van der Waals surface area contributed by atoms with Gasteiger partial charge < -0.3 is 29.9 Å². The van der Waals surface area contributed by atoms with Gasteiger partial charge in [0.25, 0.3) is 0 Å². The molecule has 0 aliphatic carbocycles. The van der Waals surface area contributed by atoms with Gasteiger partial charge in [0.05, 0.1) is 43.8 Å². The molecule has 0 saturated carbocycles. The van der Waals surface area contributed by atoms with Crippen LogP contribution in [0.5, 0.6) is 0 Å². The van der Waals surface area contributed by atoms with Crippen LogP contribution in [0.4, 0.5) is 0 Å². The maximum absolute atomic E-state index is 12.0. The van der Waals surface area contributed by atoms with Crippen LogP contribution in [-0.4, -0.2) is 120 Å². The number of carbonyl (C=O) groups excluding carboxylic acids is 4. The van der Waals surface area contributed by atoms with Gasteiger partial charge in [-0.3, -0.25) is 14.6 Å². The van der Waals surface area contributed by atoms with E-state index in [2.05, 4.69) is 170 Å². The smallest absolute Gasteiger partial charge is 0.573 e. The number of hydrogen-bond donors (Lipinski definition) is 0. The summed E-state index contributed by atoms with van der Waals surface area (Å²) in [5, 5.41) is 17.0. The maximum atomic E-state index is 12.0. The maximum Gasteiger partial charge on any atom is 2.00 e. The number of Topliss-reactive ketones (excluding diaryl/α,β-unsaturated/α-hetero) is 2. The molecule has 1 atom stereocenters. The molecule has 1 aliphatic rings. The van der Waals surface area contributed by atoms with E-state index in [0.717, 1.165) is 105 Å². The number of ketones is 2. The van der Waals surface area contributed by atoms with Crippen molar-refractivity contribution in [2.24, 2.45) is 10.9 Å². The number of rotatable bonds is 17. The van der Waals surface area contributed by atoms with E-state index in [1.54, 1.807) is 45.0 Å². The average Bonchev–Trinajstić information content (AvgIpc) is 1.77. The molecule has 8 aromatic heterocycles. The van der Waals surface area contributed by atoms with Crippen LogP contribution in [0, 0.1) is 19.8 Å². The summed E-state index contributed by atoms with van der Waals surface area (Å²) in [5.41, 5.74) is 18.3. The Labute approximate surface area is 566 Å². The molecule has 0 aromatic carbocycles. The SMILES string of the molecule is CCC(=O)C(C)C(=O)c1cc(C(C)C)ncn1.CCC1=NCC(c2cc(C(C)C)ncn2)=C1C.CCc1n[n-]c(-c2cc(C(C)C)ncn2)c1C.CCc1n[n-]c(-c2cc(C(C)C)ncn2)c1C.COC(=O)c1cc(C(C)C)ncn1.COC(=O)c1cc(Cl)ncn1.[Pt+2]. The van der Waals surface area contributed by atoms with Gasteiger partial charge >= 0.3 is 33.0 Å². The second kappa shape index (κ2) is 39.2. The minimum atomic E-state index is -0.616. The molecule has 0 radical (unpaired) electrons. The Morgan fingerprint density at radius 2 is 0.828 bits per heavy atom. The fourth-order valence-corrected chi connectivity index (χ4v) is 8.77. The molecular weight excluding hydrogens is 1380 g/mol. The zero-order valence-corrected chi connectivity index (χ0v) is 60.2. The minimum absolute atomic E-state index is 0. The summed E-state index contributed by atoms with van der Waals surface area (Å²) in [7, 11) is 2.61. The summed E-state index contributed by atoms with van der Waals surface area (Å²) >= 11 is 5.49. The van der Waals surface area contributed by atoms with Crippen molar-refractivity contribution in [1.82, 2.24) is 80.2 Å². The molecule has 1 unspecified atom stereocenters. The Morgan fingerprint density at radius 3 is 1.18 bits per heavy atom. The quantitative estimate of drug-likeness (QED) is 0.0354. The van der Waals surface area contributed by atoms with Crippen molar-refractivity contribution in [2.75, 3.05) is 20.8 Å². The normalized spacial score (nSPS) is 11.7. The predicted octanol–water partition coefficient (Wildman–Crippen LogP) is 12.9. The van der Waals surface area contributed by atoms with E-state index in [0.29, 0.717) is 35.6 Å². The topological polar surface area (TPSA) is 308 Å². The van der Waals surface area contributed by atoms with Gasteiger partial charge in [0.2, 0.25) is 0 Å². The van der Waals surface area contributed by atoms with E-state index in [1.807, 2.05) is 53.7 Å². The van der Waals surface area contributed by atoms with Crippen LogP contribution < -0.4 is 10.2 Å². The molecule has 0 amide bonds. The van der Waals surface area contributed by atoms with Crippen LogP contribution in [-0.2, 0) is 48.2 Å². The number of aryl methyl sites for hydroxylation is 2. The number of methoxy groups -OCH3 is 2. The summed E-state index contributed by atoms with van der Waals surface area (Å²) in [5.74, 6) is -0.0932. The van der Waals surface area contributed by atoms with E-state index in [9.17, 15) is 19.2 Å². The number of esters is 2. The summed E-state index contributed by atoms with van der Waals surface area (Å²) < 4.78 is 8.95. The molecule has 9 rings (SSSR count). The Bertz CT molecular complexity index is 3690. The van der Waals surface area contributed by atoms with Gasteiger partial charge in [-0.2, -0.15) is 0 Å². The van der Waals surface area contributed by atoms with Crippen molar-refractivity contribution in [3.8, 4) is 22.8 Å². The molecule has 25 heteroatoms. The third kappa shape index (κ3) is 23.3. The molecule has 0 bridgehead atoms. The molecule has 498 valence electrons. The van der Waals surface area contributed by atoms with Crippen molar-refractivity contribution in [3.05, 3.63) is 159 Å². The fourth-order valence-electron chi connectivity index (χ4n) is 8.63. The Balaban J connectivity index is 0.000000292. The van der Waals surface area contributed by atoms with Gasteiger partial charge in [-0.05, 0) is 124 Å². The predicted molar refractivity (Wildman–Crippen MR) is 356 cm³/mol. The number of carbonyl (C=O) groups is 4. The average molecular weight is 1470 g/mol. The Hall–Kier alpha value is -8.43. The Kier molecular flexibility index (Phi) is 33.2. The zero-order chi connectivity index (χ0) is 68.4. The molecule has 1 aliphatic heterocycles. The molecule has 23 nitrogen and oxygen atoms in total. The van der Waals surface area contributed by atoms with Crippen molar-refractivity contribution in [2.45, 2.75) is 180 Å². The molecule has 0 fully saturated rings. The summed E-state index contributed by atoms with van der Waals surface area (Å²) in [6, 6.07) is 10.8. The van der Waals surface area contributed by atoms with Gasteiger partial charge in [0.15, 0.2) is 17.2 Å². The molecule has 0 spiro atoms. The number of allylic oxidation sites excluding steroid dienone is 1. The summed E-state index contributed by atoms with van der Waals surface area (Å²) in [6.45, 7) is 37.5. The number of ether oxygens (including phenoxy) is 2. The third-order valence-electron chi connectivity index (χ3n) is 14.5. The summed E-state index contributed by atoms with van der Waals surface area (Å²) in [6.07, 6.45) is 12.0. The number of nitrogens with zero attached hydrogens (tertiary/aromatic N) is 17. The van der Waals surface area contributed by atoms with Crippen molar-refractivity contribution in [3.63, 3.8) is 0 Å². The van der Waals surface area contributed by atoms with Gasteiger partial charge in [-0.1, -0.05) is 120 Å². The first-order chi connectivity index (χ1) is 43.7. The first kappa shape index (κ1) is 78.8. The fraction of sp³-hybridized carbons (Fsp3) is 0.456. The number of hydrogen-bond acceptors (Lipinski definition) is 21. The Morgan fingerprint density at radius 1 is 0.473 bits per heavy atom. The summed E-state index contributed by atoms with van der Waals surface area (Å²) in [4.78, 5) is 98.8. The van der Waals surface area contributed by atoms with E-state index in [1.165, 1.54) is 56.1 Å². The van der Waals surface area contributed by atoms with Gasteiger partial charge in [-0.25, -0.2) is 69.4 Å². The number of halogens is 1. The van der Waals surface area contributed by atoms with Gasteiger partial charge in [0, 0.05) is 63.6 Å². The van der Waals surface area contributed by atoms with Crippen LogP contribution in [0.1, 0.15) is 241 Å². The van der Waals surface area contributed by atoms with Crippen molar-refractivity contribution >= 4 is 46.4 Å². The molecule has 0 N–H and O–H groups in total. The van der Waals surface area contributed by atoms with Crippen LogP contribution >= 0.6 is 11.6 Å². The van der Waals surface area contributed by atoms with Crippen LogP contribution in [0.25, 0.3) is 28.3 Å². The molecule has 0 saturated heterocycles. The standard InChI is InChI=1S/C14H19N3.2C13H17N4.C13H18N2O2.C9H12N2O2.C6H5ClN2O2.Pt/c1-5-12-10(4)11(7-15-12)14-6-13(9(2)3)16-8-17-14;2*1-5-10-9(4)13(17-16-10)12-6-11(8(2)3)14-7-15-12;1-5-12(16)9(4)13(17)11-6-10(8(2)3)14-7-15-11;1-6(2)7-4-8(9(12)13-3)11-5-10-7;1-11-6(10)4-2-5(7)9-3-8-4;/h6,8-9H,5,7H2,1-4H3;2*6-8H,5H2,1-4H3;6-9H,5H2,1-4H3;4-6H,1-3H3;2-3H,1H3;/q;2*-1;;;;+2. The first-order valence-electron chi connectivity index (χ1n) is 30.8. The van der Waals surface area contributed by atoms with E-state index in [-0.39, 0.29) is 55.3 Å². The van der Waals surface area contributed by atoms with Crippen molar-refractivity contribution in [1.29, 1.82) is 0 Å². The van der Waals surface area contributed by atoms with E-state index in [4.69, 9.17) is 11.6 Å².